The average molecular weight is 268 g/mol. The average Bonchev–Trinajstić information content (AvgIpc) is 2.35. The van der Waals surface area contributed by atoms with Gasteiger partial charge in [0.1, 0.15) is 0 Å². The van der Waals surface area contributed by atoms with Gasteiger partial charge in [-0.1, -0.05) is 32.3 Å². The molecule has 0 radical (unpaired) electrons. The van der Waals surface area contributed by atoms with E-state index in [1.807, 2.05) is 6.08 Å². The lowest BCUT2D eigenvalue weighted by Gasteiger charge is -1.99. The molecule has 1 N–H and O–H groups in total. The summed E-state index contributed by atoms with van der Waals surface area (Å²) in [6, 6.07) is 0. The van der Waals surface area contributed by atoms with Crippen molar-refractivity contribution in [1.29, 1.82) is 0 Å². The second-order valence-corrected chi connectivity index (χ2v) is 4.61. The maximum atomic E-state index is 11.0. The smallest absolute Gasteiger partial charge is 0.337 e. The molecule has 0 saturated carbocycles. The molecule has 0 rings (SSSR count). The number of carbonyl (C=O) groups is 2. The van der Waals surface area contributed by atoms with Gasteiger partial charge in [0.15, 0.2) is 0 Å². The Morgan fingerprint density at radius 1 is 1.11 bits per heavy atom. The van der Waals surface area contributed by atoms with Crippen LogP contribution in [0.1, 0.15) is 58.3 Å². The molecule has 0 bridgehead atoms. The lowest BCUT2D eigenvalue weighted by molar-refractivity contribution is -0.137. The summed E-state index contributed by atoms with van der Waals surface area (Å²) in [5.74, 6) is -1.11. The van der Waals surface area contributed by atoms with Crippen molar-refractivity contribution in [3.63, 3.8) is 0 Å². The van der Waals surface area contributed by atoms with Crippen molar-refractivity contribution in [2.45, 2.75) is 58.3 Å². The lowest BCUT2D eigenvalue weighted by atomic mass is 10.1. The summed E-state index contributed by atoms with van der Waals surface area (Å²) in [5, 5.41) is 8.46. The van der Waals surface area contributed by atoms with Crippen LogP contribution in [-0.2, 0) is 14.3 Å². The third-order valence-electron chi connectivity index (χ3n) is 2.63. The number of carboxylic acids is 1. The molecule has 19 heavy (non-hydrogen) atoms. The zero-order chi connectivity index (χ0) is 14.5. The Balaban J connectivity index is 3.27. The van der Waals surface area contributed by atoms with Gasteiger partial charge in [-0.25, -0.2) is 4.79 Å². The molecule has 0 fully saturated rings. The maximum Gasteiger partial charge on any atom is 0.337 e. The van der Waals surface area contributed by atoms with Crippen LogP contribution in [0.4, 0.5) is 0 Å². The highest BCUT2D eigenvalue weighted by Gasteiger charge is 1.99. The largest absolute Gasteiger partial charge is 0.481 e. The number of esters is 1. The van der Waals surface area contributed by atoms with Crippen molar-refractivity contribution in [3.05, 3.63) is 24.5 Å². The Morgan fingerprint density at radius 3 is 2.26 bits per heavy atom. The van der Waals surface area contributed by atoms with E-state index >= 15 is 0 Å². The third kappa shape index (κ3) is 12.7. The van der Waals surface area contributed by atoms with Gasteiger partial charge < -0.3 is 9.84 Å². The molecule has 0 amide bonds. The predicted octanol–water partition coefficient (Wildman–Crippen LogP) is 3.82. The molecule has 0 spiro atoms. The topological polar surface area (TPSA) is 63.6 Å². The second kappa shape index (κ2) is 11.5. The van der Waals surface area contributed by atoms with Gasteiger partial charge in [-0.3, -0.25) is 4.79 Å². The SMILES string of the molecule is C=C(C)C(=O)OC=CCCCCCCCCC(=O)O. The Hall–Kier alpha value is -1.58. The van der Waals surface area contributed by atoms with Crippen LogP contribution in [0.5, 0.6) is 0 Å². The van der Waals surface area contributed by atoms with Gasteiger partial charge in [0.25, 0.3) is 0 Å². The Morgan fingerprint density at radius 2 is 1.68 bits per heavy atom. The predicted molar refractivity (Wildman–Crippen MR) is 74.6 cm³/mol. The minimum Gasteiger partial charge on any atom is -0.481 e. The van der Waals surface area contributed by atoms with Crippen LogP contribution < -0.4 is 0 Å². The molecule has 0 unspecified atom stereocenters. The maximum absolute atomic E-state index is 11.0. The number of unbranched alkanes of at least 4 members (excludes halogenated alkanes) is 6. The standard InChI is InChI=1S/C15H24O4/c1-13(2)15(18)19-12-10-8-6-4-3-5-7-9-11-14(16)17/h10,12H,1,3-9,11H2,2H3,(H,16,17). The van der Waals surface area contributed by atoms with E-state index in [2.05, 4.69) is 6.58 Å². The highest BCUT2D eigenvalue weighted by molar-refractivity contribution is 5.87. The summed E-state index contributed by atoms with van der Waals surface area (Å²) in [6.45, 7) is 5.10. The van der Waals surface area contributed by atoms with Gasteiger partial charge in [0.05, 0.1) is 6.26 Å². The van der Waals surface area contributed by atoms with Gasteiger partial charge >= 0.3 is 11.9 Å². The normalized spacial score (nSPS) is 10.6. The molecule has 0 aliphatic heterocycles. The van der Waals surface area contributed by atoms with Crippen LogP contribution in [0, 0.1) is 0 Å². The fraction of sp³-hybridized carbons (Fsp3) is 0.600. The molecular formula is C15H24O4. The van der Waals surface area contributed by atoms with Gasteiger partial charge in [-0.15, -0.1) is 0 Å². The second-order valence-electron chi connectivity index (χ2n) is 4.61. The van der Waals surface area contributed by atoms with Crippen molar-refractivity contribution in [2.75, 3.05) is 0 Å². The number of rotatable bonds is 11. The van der Waals surface area contributed by atoms with Gasteiger partial charge in [0.2, 0.25) is 0 Å². The van der Waals surface area contributed by atoms with Crippen molar-refractivity contribution in [2.24, 2.45) is 0 Å². The van der Waals surface area contributed by atoms with E-state index in [0.29, 0.717) is 5.57 Å². The number of hydrogen-bond donors (Lipinski definition) is 1. The van der Waals surface area contributed by atoms with Gasteiger partial charge in [-0.05, 0) is 32.3 Å². The zero-order valence-electron chi connectivity index (χ0n) is 11.7. The van der Waals surface area contributed by atoms with Gasteiger partial charge in [-0.2, -0.15) is 0 Å². The molecule has 0 aromatic heterocycles. The summed E-state index contributed by atoms with van der Waals surface area (Å²) in [4.78, 5) is 21.3. The quantitative estimate of drug-likeness (QED) is 0.268. The summed E-state index contributed by atoms with van der Waals surface area (Å²) in [7, 11) is 0. The minimum absolute atomic E-state index is 0.275. The van der Waals surface area contributed by atoms with Crippen molar-refractivity contribution < 1.29 is 19.4 Å². The monoisotopic (exact) mass is 268 g/mol. The first-order valence-electron chi connectivity index (χ1n) is 6.77. The van der Waals surface area contributed by atoms with Gasteiger partial charge in [0, 0.05) is 12.0 Å². The molecule has 0 aliphatic carbocycles. The highest BCUT2D eigenvalue weighted by Crippen LogP contribution is 2.09. The van der Waals surface area contributed by atoms with E-state index in [0.717, 1.165) is 44.9 Å². The number of carboxylic acid groups (broad SMARTS) is 1. The van der Waals surface area contributed by atoms with E-state index in [4.69, 9.17) is 9.84 Å². The molecule has 0 atom stereocenters. The fourth-order valence-corrected chi connectivity index (χ4v) is 1.52. The van der Waals surface area contributed by atoms with Crippen molar-refractivity contribution in [1.82, 2.24) is 0 Å². The first kappa shape index (κ1) is 17.4. The molecule has 0 saturated heterocycles. The molecule has 4 nitrogen and oxygen atoms in total. The summed E-state index contributed by atoms with van der Waals surface area (Å²) >= 11 is 0. The first-order valence-corrected chi connectivity index (χ1v) is 6.77. The summed E-state index contributed by atoms with van der Waals surface area (Å²) in [6.07, 6.45) is 10.6. The van der Waals surface area contributed by atoms with E-state index in [1.165, 1.54) is 6.26 Å². The fourth-order valence-electron chi connectivity index (χ4n) is 1.52. The van der Waals surface area contributed by atoms with Crippen LogP contribution in [-0.4, -0.2) is 17.0 Å². The minimum atomic E-state index is -0.713. The van der Waals surface area contributed by atoms with Crippen LogP contribution in [0.25, 0.3) is 0 Å². The molecular weight excluding hydrogens is 244 g/mol. The number of aliphatic carboxylic acids is 1. The number of ether oxygens (including phenoxy) is 1. The Labute approximate surface area is 115 Å². The van der Waals surface area contributed by atoms with Crippen LogP contribution in [0.3, 0.4) is 0 Å². The van der Waals surface area contributed by atoms with Crippen LogP contribution >= 0.6 is 0 Å². The third-order valence-corrected chi connectivity index (χ3v) is 2.63. The summed E-state index contributed by atoms with van der Waals surface area (Å²) < 4.78 is 4.81. The molecule has 108 valence electrons. The first-order chi connectivity index (χ1) is 9.04. The van der Waals surface area contributed by atoms with E-state index in [9.17, 15) is 9.59 Å². The molecule has 0 aromatic rings. The highest BCUT2D eigenvalue weighted by atomic mass is 16.5. The van der Waals surface area contributed by atoms with E-state index in [1.54, 1.807) is 6.92 Å². The lowest BCUT2D eigenvalue weighted by Crippen LogP contribution is -1.98. The van der Waals surface area contributed by atoms with Crippen LogP contribution in [0.2, 0.25) is 0 Å². The molecule has 4 heteroatoms. The number of hydrogen-bond acceptors (Lipinski definition) is 3. The number of allylic oxidation sites excluding steroid dienone is 1. The Bertz CT molecular complexity index is 318. The Kier molecular flexibility index (Phi) is 10.6. The molecule has 0 aliphatic rings. The van der Waals surface area contributed by atoms with Crippen molar-refractivity contribution in [3.8, 4) is 0 Å². The van der Waals surface area contributed by atoms with E-state index in [-0.39, 0.29) is 6.42 Å². The summed E-state index contributed by atoms with van der Waals surface area (Å²) in [5.41, 5.74) is 0.394. The molecule has 0 heterocycles. The molecule has 0 aromatic carbocycles. The number of carbonyl (C=O) groups excluding carboxylic acids is 1. The van der Waals surface area contributed by atoms with Crippen LogP contribution in [0.15, 0.2) is 24.5 Å². The van der Waals surface area contributed by atoms with E-state index < -0.39 is 11.9 Å². The zero-order valence-corrected chi connectivity index (χ0v) is 11.7. The van der Waals surface area contributed by atoms with Crippen molar-refractivity contribution >= 4 is 11.9 Å².